The normalized spacial score (nSPS) is 19.1. The van der Waals surface area contributed by atoms with Gasteiger partial charge in [0.2, 0.25) is 0 Å². The number of piperidine rings is 1. The Bertz CT molecular complexity index is 250. The van der Waals surface area contributed by atoms with Crippen LogP contribution in [0.25, 0.3) is 0 Å². The Morgan fingerprint density at radius 1 is 1.17 bits per heavy atom. The Hall–Kier alpha value is -0.570. The molecule has 0 spiro atoms. The number of nitrogens with zero attached hydrogens (tertiary/aromatic N) is 1. The summed E-state index contributed by atoms with van der Waals surface area (Å²) in [5.41, 5.74) is 0.452. The highest BCUT2D eigenvalue weighted by molar-refractivity contribution is 5.66. The zero-order chi connectivity index (χ0) is 13.6. The van der Waals surface area contributed by atoms with Crippen LogP contribution in [0, 0.1) is 11.3 Å². The van der Waals surface area contributed by atoms with Gasteiger partial charge in [-0.1, -0.05) is 27.2 Å². The monoisotopic (exact) mass is 255 g/mol. The molecule has 0 radical (unpaired) electrons. The van der Waals surface area contributed by atoms with Crippen LogP contribution in [-0.4, -0.2) is 35.6 Å². The van der Waals surface area contributed by atoms with E-state index in [1.165, 1.54) is 25.9 Å². The van der Waals surface area contributed by atoms with Crippen LogP contribution in [0.15, 0.2) is 0 Å². The molecule has 1 aliphatic heterocycles. The standard InChI is InChI=1S/C15H29NO2/c1-15(2,3)13-8-11-16(12-9-13)10-6-4-5-7-14(17)18/h13H,4-12H2,1-3H3,(H,17,18). The van der Waals surface area contributed by atoms with E-state index in [1.54, 1.807) is 0 Å². The Labute approximate surface area is 112 Å². The molecule has 0 amide bonds. The van der Waals surface area contributed by atoms with Gasteiger partial charge in [0.1, 0.15) is 0 Å². The molecule has 1 fully saturated rings. The van der Waals surface area contributed by atoms with Crippen LogP contribution in [0.3, 0.4) is 0 Å². The summed E-state index contributed by atoms with van der Waals surface area (Å²) in [6, 6.07) is 0. The van der Waals surface area contributed by atoms with E-state index < -0.39 is 5.97 Å². The molecule has 1 heterocycles. The highest BCUT2D eigenvalue weighted by Crippen LogP contribution is 2.34. The van der Waals surface area contributed by atoms with Crippen LogP contribution in [-0.2, 0) is 4.79 Å². The van der Waals surface area contributed by atoms with Crippen molar-refractivity contribution in [1.29, 1.82) is 0 Å². The molecule has 1 saturated heterocycles. The molecule has 3 nitrogen and oxygen atoms in total. The second-order valence-electron chi connectivity index (χ2n) is 6.69. The number of rotatable bonds is 6. The maximum Gasteiger partial charge on any atom is 0.303 e. The van der Waals surface area contributed by atoms with Gasteiger partial charge < -0.3 is 10.0 Å². The van der Waals surface area contributed by atoms with Crippen molar-refractivity contribution in [1.82, 2.24) is 4.90 Å². The highest BCUT2D eigenvalue weighted by Gasteiger charge is 2.28. The van der Waals surface area contributed by atoms with Crippen LogP contribution in [0.1, 0.15) is 59.3 Å². The third kappa shape index (κ3) is 5.85. The molecule has 1 aliphatic rings. The van der Waals surface area contributed by atoms with E-state index in [2.05, 4.69) is 25.7 Å². The van der Waals surface area contributed by atoms with Gasteiger partial charge >= 0.3 is 5.97 Å². The molecule has 1 rings (SSSR count). The predicted octanol–water partition coefficient (Wildman–Crippen LogP) is 3.39. The molecule has 0 atom stereocenters. The van der Waals surface area contributed by atoms with E-state index >= 15 is 0 Å². The van der Waals surface area contributed by atoms with Gasteiger partial charge in [0.25, 0.3) is 0 Å². The summed E-state index contributed by atoms with van der Waals surface area (Å²) in [5, 5.41) is 8.56. The van der Waals surface area contributed by atoms with Crippen LogP contribution < -0.4 is 0 Å². The zero-order valence-electron chi connectivity index (χ0n) is 12.2. The topological polar surface area (TPSA) is 40.5 Å². The lowest BCUT2D eigenvalue weighted by atomic mass is 9.75. The molecule has 0 unspecified atom stereocenters. The molecule has 0 aliphatic carbocycles. The summed E-state index contributed by atoms with van der Waals surface area (Å²) in [5.74, 6) is 0.196. The van der Waals surface area contributed by atoms with Crippen molar-refractivity contribution >= 4 is 5.97 Å². The molecule has 3 heteroatoms. The lowest BCUT2D eigenvalue weighted by Crippen LogP contribution is -2.38. The maximum atomic E-state index is 10.4. The first kappa shape index (κ1) is 15.5. The van der Waals surface area contributed by atoms with E-state index in [4.69, 9.17) is 5.11 Å². The fourth-order valence-corrected chi connectivity index (χ4v) is 2.81. The molecule has 0 saturated carbocycles. The fraction of sp³-hybridized carbons (Fsp3) is 0.933. The molecule has 106 valence electrons. The summed E-state index contributed by atoms with van der Waals surface area (Å²) in [6.07, 6.45) is 5.98. The maximum absolute atomic E-state index is 10.4. The Morgan fingerprint density at radius 2 is 1.78 bits per heavy atom. The quantitative estimate of drug-likeness (QED) is 0.740. The lowest BCUT2D eigenvalue weighted by Gasteiger charge is -2.38. The summed E-state index contributed by atoms with van der Waals surface area (Å²) < 4.78 is 0. The van der Waals surface area contributed by atoms with Gasteiger partial charge in [-0.25, -0.2) is 0 Å². The van der Waals surface area contributed by atoms with Crippen molar-refractivity contribution in [3.63, 3.8) is 0 Å². The van der Waals surface area contributed by atoms with Crippen molar-refractivity contribution in [3.05, 3.63) is 0 Å². The van der Waals surface area contributed by atoms with Crippen LogP contribution in [0.4, 0.5) is 0 Å². The van der Waals surface area contributed by atoms with Crippen molar-refractivity contribution in [3.8, 4) is 0 Å². The molecule has 0 bridgehead atoms. The van der Waals surface area contributed by atoms with Gasteiger partial charge in [0.05, 0.1) is 0 Å². The number of aliphatic carboxylic acids is 1. The molecular formula is C15H29NO2. The number of hydrogen-bond acceptors (Lipinski definition) is 2. The van der Waals surface area contributed by atoms with E-state index in [9.17, 15) is 4.79 Å². The molecule has 0 aromatic carbocycles. The van der Waals surface area contributed by atoms with E-state index in [-0.39, 0.29) is 0 Å². The van der Waals surface area contributed by atoms with Gasteiger partial charge in [-0.15, -0.1) is 0 Å². The van der Waals surface area contributed by atoms with Crippen molar-refractivity contribution in [2.45, 2.75) is 59.3 Å². The van der Waals surface area contributed by atoms with Crippen molar-refractivity contribution in [2.24, 2.45) is 11.3 Å². The number of carbonyl (C=O) groups is 1. The SMILES string of the molecule is CC(C)(C)C1CCN(CCCCCC(=O)O)CC1. The predicted molar refractivity (Wildman–Crippen MR) is 74.7 cm³/mol. The zero-order valence-corrected chi connectivity index (χ0v) is 12.2. The van der Waals surface area contributed by atoms with Gasteiger partial charge in [-0.05, 0) is 56.7 Å². The lowest BCUT2D eigenvalue weighted by molar-refractivity contribution is -0.137. The second kappa shape index (κ2) is 7.13. The first-order valence-corrected chi connectivity index (χ1v) is 7.34. The summed E-state index contributed by atoms with van der Waals surface area (Å²) in [4.78, 5) is 12.9. The van der Waals surface area contributed by atoms with E-state index in [1.807, 2.05) is 0 Å². The first-order chi connectivity index (χ1) is 8.39. The van der Waals surface area contributed by atoms with Crippen LogP contribution >= 0.6 is 0 Å². The van der Waals surface area contributed by atoms with Crippen LogP contribution in [0.5, 0.6) is 0 Å². The Balaban J connectivity index is 2.07. The number of carboxylic acid groups (broad SMARTS) is 1. The summed E-state index contributed by atoms with van der Waals surface area (Å²) >= 11 is 0. The van der Waals surface area contributed by atoms with Crippen molar-refractivity contribution < 1.29 is 9.90 Å². The van der Waals surface area contributed by atoms with Crippen LogP contribution in [0.2, 0.25) is 0 Å². The minimum atomic E-state index is -0.666. The first-order valence-electron chi connectivity index (χ1n) is 7.34. The average molecular weight is 255 g/mol. The highest BCUT2D eigenvalue weighted by atomic mass is 16.4. The molecule has 1 N–H and O–H groups in total. The summed E-state index contributed by atoms with van der Waals surface area (Å²) in [7, 11) is 0. The van der Waals surface area contributed by atoms with Crippen molar-refractivity contribution in [2.75, 3.05) is 19.6 Å². The fourth-order valence-electron chi connectivity index (χ4n) is 2.81. The third-order valence-corrected chi connectivity index (χ3v) is 4.18. The molecule has 0 aromatic heterocycles. The second-order valence-corrected chi connectivity index (χ2v) is 6.69. The smallest absolute Gasteiger partial charge is 0.303 e. The molecule has 0 aromatic rings. The Kier molecular flexibility index (Phi) is 6.13. The minimum absolute atomic E-state index is 0.325. The Morgan fingerprint density at radius 3 is 2.28 bits per heavy atom. The third-order valence-electron chi connectivity index (χ3n) is 4.18. The minimum Gasteiger partial charge on any atom is -0.481 e. The molecule has 18 heavy (non-hydrogen) atoms. The van der Waals surface area contributed by atoms with E-state index in [0.717, 1.165) is 31.7 Å². The number of hydrogen-bond donors (Lipinski definition) is 1. The largest absolute Gasteiger partial charge is 0.481 e. The van der Waals surface area contributed by atoms with Gasteiger partial charge in [-0.3, -0.25) is 4.79 Å². The van der Waals surface area contributed by atoms with Gasteiger partial charge in [-0.2, -0.15) is 0 Å². The molecular weight excluding hydrogens is 226 g/mol. The number of likely N-dealkylation sites (tertiary alicyclic amines) is 1. The van der Waals surface area contributed by atoms with Gasteiger partial charge in [0.15, 0.2) is 0 Å². The summed E-state index contributed by atoms with van der Waals surface area (Å²) in [6.45, 7) is 10.6. The number of unbranched alkanes of at least 4 members (excludes halogenated alkanes) is 2. The average Bonchev–Trinajstić information content (AvgIpc) is 2.27. The van der Waals surface area contributed by atoms with E-state index in [0.29, 0.717) is 11.8 Å². The van der Waals surface area contributed by atoms with Gasteiger partial charge in [0, 0.05) is 6.42 Å². The number of carboxylic acids is 1.